The third-order valence-electron chi connectivity index (χ3n) is 5.37. The molecule has 150 valence electrons. The number of hydrogen-bond acceptors (Lipinski definition) is 5. The van der Waals surface area contributed by atoms with Gasteiger partial charge in [-0.05, 0) is 70.9 Å². The van der Waals surface area contributed by atoms with Crippen molar-refractivity contribution in [3.63, 3.8) is 0 Å². The minimum atomic E-state index is -3.72. The van der Waals surface area contributed by atoms with Gasteiger partial charge in [-0.25, -0.2) is 4.79 Å². The van der Waals surface area contributed by atoms with Crippen molar-refractivity contribution in [2.24, 2.45) is 5.41 Å². The molecule has 3 rings (SSSR count). The number of amides is 1. The van der Waals surface area contributed by atoms with Crippen LogP contribution in [0.25, 0.3) is 0 Å². The zero-order valence-electron chi connectivity index (χ0n) is 16.5. The molecule has 2 fully saturated rings. The van der Waals surface area contributed by atoms with Crippen molar-refractivity contribution in [3.8, 4) is 0 Å². The highest BCUT2D eigenvalue weighted by atomic mass is 32.2. The van der Waals surface area contributed by atoms with Crippen molar-refractivity contribution in [2.75, 3.05) is 13.1 Å². The Bertz CT molecular complexity index is 779. The Morgan fingerprint density at radius 1 is 1.11 bits per heavy atom. The number of ether oxygens (including phenoxy) is 1. The van der Waals surface area contributed by atoms with E-state index in [4.69, 9.17) is 8.92 Å². The molecule has 1 aliphatic heterocycles. The van der Waals surface area contributed by atoms with Gasteiger partial charge in [0.25, 0.3) is 10.1 Å². The molecule has 1 spiro atoms. The van der Waals surface area contributed by atoms with Gasteiger partial charge in [-0.2, -0.15) is 8.42 Å². The van der Waals surface area contributed by atoms with E-state index in [1.807, 2.05) is 27.7 Å². The molecule has 2 aliphatic rings. The Hall–Kier alpha value is -1.60. The van der Waals surface area contributed by atoms with E-state index in [0.717, 1.165) is 31.2 Å². The van der Waals surface area contributed by atoms with Crippen LogP contribution in [0.4, 0.5) is 4.79 Å². The van der Waals surface area contributed by atoms with E-state index < -0.39 is 15.7 Å². The van der Waals surface area contributed by atoms with Crippen molar-refractivity contribution in [1.82, 2.24) is 4.90 Å². The predicted octanol–water partition coefficient (Wildman–Crippen LogP) is 3.88. The van der Waals surface area contributed by atoms with Crippen LogP contribution in [0.2, 0.25) is 0 Å². The number of aryl methyl sites for hydroxylation is 1. The molecule has 0 bridgehead atoms. The maximum absolute atomic E-state index is 12.4. The number of piperidine rings is 1. The highest BCUT2D eigenvalue weighted by Gasteiger charge is 2.48. The highest BCUT2D eigenvalue weighted by molar-refractivity contribution is 7.86. The fourth-order valence-corrected chi connectivity index (χ4v) is 4.89. The smallest absolute Gasteiger partial charge is 0.410 e. The summed E-state index contributed by atoms with van der Waals surface area (Å²) < 4.78 is 35.7. The molecular formula is C20H29NO5S. The fourth-order valence-electron chi connectivity index (χ4n) is 3.81. The number of hydrogen-bond donors (Lipinski definition) is 0. The van der Waals surface area contributed by atoms with E-state index in [9.17, 15) is 13.2 Å². The molecule has 0 radical (unpaired) electrons. The van der Waals surface area contributed by atoms with Crippen molar-refractivity contribution in [3.05, 3.63) is 29.8 Å². The van der Waals surface area contributed by atoms with Gasteiger partial charge >= 0.3 is 6.09 Å². The Balaban J connectivity index is 1.50. The monoisotopic (exact) mass is 395 g/mol. The Morgan fingerprint density at radius 3 is 2.19 bits per heavy atom. The number of benzene rings is 1. The summed E-state index contributed by atoms with van der Waals surface area (Å²) in [5, 5.41) is 0. The van der Waals surface area contributed by atoms with E-state index in [1.54, 1.807) is 29.2 Å². The van der Waals surface area contributed by atoms with E-state index in [0.29, 0.717) is 13.1 Å². The normalized spacial score (nSPS) is 20.4. The molecule has 1 amide bonds. The molecule has 7 heteroatoms. The molecular weight excluding hydrogens is 366 g/mol. The van der Waals surface area contributed by atoms with Crippen molar-refractivity contribution < 1.29 is 22.1 Å². The summed E-state index contributed by atoms with van der Waals surface area (Å²) in [6, 6.07) is 6.70. The molecule has 0 unspecified atom stereocenters. The van der Waals surface area contributed by atoms with Crippen LogP contribution in [-0.4, -0.2) is 44.2 Å². The van der Waals surface area contributed by atoms with Gasteiger partial charge in [-0.1, -0.05) is 17.7 Å². The maximum Gasteiger partial charge on any atom is 0.410 e. The Labute approximate surface area is 162 Å². The van der Waals surface area contributed by atoms with Crippen LogP contribution < -0.4 is 0 Å². The first-order valence-corrected chi connectivity index (χ1v) is 10.9. The molecule has 1 saturated carbocycles. The SMILES string of the molecule is Cc1ccc(S(=O)(=O)OC2CC3(CCN(C(=O)OC(C)(C)C)CC3)C2)cc1. The minimum absolute atomic E-state index is 0.0893. The van der Waals surface area contributed by atoms with Crippen molar-refractivity contribution in [1.29, 1.82) is 0 Å². The highest BCUT2D eigenvalue weighted by Crippen LogP contribution is 2.51. The number of carbonyl (C=O) groups is 1. The van der Waals surface area contributed by atoms with Crippen molar-refractivity contribution in [2.45, 2.75) is 70.0 Å². The zero-order valence-corrected chi connectivity index (χ0v) is 17.3. The first-order valence-electron chi connectivity index (χ1n) is 9.46. The molecule has 1 aromatic rings. The molecule has 1 aliphatic carbocycles. The van der Waals surface area contributed by atoms with Gasteiger partial charge < -0.3 is 9.64 Å². The number of rotatable bonds is 3. The van der Waals surface area contributed by atoms with E-state index in [2.05, 4.69) is 0 Å². The van der Waals surface area contributed by atoms with Gasteiger partial charge in [0, 0.05) is 13.1 Å². The fraction of sp³-hybridized carbons (Fsp3) is 0.650. The minimum Gasteiger partial charge on any atom is -0.444 e. The lowest BCUT2D eigenvalue weighted by molar-refractivity contribution is -0.0558. The number of likely N-dealkylation sites (tertiary alicyclic amines) is 1. The summed E-state index contributed by atoms with van der Waals surface area (Å²) in [6.07, 6.45) is 2.62. The molecule has 27 heavy (non-hydrogen) atoms. The van der Waals surface area contributed by atoms with Crippen molar-refractivity contribution >= 4 is 16.2 Å². The molecule has 0 N–H and O–H groups in total. The molecule has 0 aromatic heterocycles. The third-order valence-corrected chi connectivity index (χ3v) is 6.74. The summed E-state index contributed by atoms with van der Waals surface area (Å²) >= 11 is 0. The Morgan fingerprint density at radius 2 is 1.67 bits per heavy atom. The summed E-state index contributed by atoms with van der Waals surface area (Å²) in [5.41, 5.74) is 0.603. The third kappa shape index (κ3) is 4.82. The maximum atomic E-state index is 12.4. The molecule has 1 heterocycles. The van der Waals surface area contributed by atoms with Gasteiger partial charge in [0.05, 0.1) is 11.0 Å². The summed E-state index contributed by atoms with van der Waals surface area (Å²) in [5.74, 6) is 0. The van der Waals surface area contributed by atoms with Crippen LogP contribution in [-0.2, 0) is 19.0 Å². The summed E-state index contributed by atoms with van der Waals surface area (Å²) in [6.45, 7) is 8.78. The van der Waals surface area contributed by atoms with Gasteiger partial charge in [-0.3, -0.25) is 4.18 Å². The van der Waals surface area contributed by atoms with Gasteiger partial charge in [0.2, 0.25) is 0 Å². The second-order valence-electron chi connectivity index (χ2n) is 8.86. The van der Waals surface area contributed by atoms with Gasteiger partial charge in [0.15, 0.2) is 0 Å². The van der Waals surface area contributed by atoms with Crippen LogP contribution in [0.1, 0.15) is 52.0 Å². The van der Waals surface area contributed by atoms with Crippen LogP contribution >= 0.6 is 0 Å². The predicted molar refractivity (Wildman–Crippen MR) is 102 cm³/mol. The number of carbonyl (C=O) groups excluding carboxylic acids is 1. The van der Waals surface area contributed by atoms with Gasteiger partial charge in [0.1, 0.15) is 5.60 Å². The standard InChI is InChI=1S/C20H29NO5S/c1-15-5-7-17(8-6-15)27(23,24)26-16-13-20(14-16)9-11-21(12-10-20)18(22)25-19(2,3)4/h5-8,16H,9-14H2,1-4H3. The molecule has 1 aromatic carbocycles. The lowest BCUT2D eigenvalue weighted by Gasteiger charge is -2.51. The summed E-state index contributed by atoms with van der Waals surface area (Å²) in [7, 11) is -3.72. The van der Waals surface area contributed by atoms with E-state index in [1.165, 1.54) is 0 Å². The second kappa shape index (κ2) is 7.09. The van der Waals surface area contributed by atoms with Crippen LogP contribution in [0.5, 0.6) is 0 Å². The van der Waals surface area contributed by atoms with Gasteiger partial charge in [-0.15, -0.1) is 0 Å². The van der Waals surface area contributed by atoms with Crippen LogP contribution in [0.3, 0.4) is 0 Å². The molecule has 6 nitrogen and oxygen atoms in total. The van der Waals surface area contributed by atoms with E-state index in [-0.39, 0.29) is 22.5 Å². The summed E-state index contributed by atoms with van der Waals surface area (Å²) in [4.78, 5) is 14.1. The first-order chi connectivity index (χ1) is 12.5. The Kier molecular flexibility index (Phi) is 5.29. The molecule has 1 saturated heterocycles. The van der Waals surface area contributed by atoms with E-state index >= 15 is 0 Å². The first kappa shape index (κ1) is 20.1. The average Bonchev–Trinajstić information content (AvgIpc) is 2.52. The quantitative estimate of drug-likeness (QED) is 0.726. The second-order valence-corrected chi connectivity index (χ2v) is 10.4. The van der Waals surface area contributed by atoms with Crippen LogP contribution in [0, 0.1) is 12.3 Å². The average molecular weight is 396 g/mol. The largest absolute Gasteiger partial charge is 0.444 e. The lowest BCUT2D eigenvalue weighted by Crippen LogP contribution is -2.52. The lowest BCUT2D eigenvalue weighted by atomic mass is 9.61. The van der Waals surface area contributed by atoms with Crippen LogP contribution in [0.15, 0.2) is 29.2 Å². The zero-order chi connectivity index (χ0) is 19.9. The topological polar surface area (TPSA) is 72.9 Å². The number of nitrogens with zero attached hydrogens (tertiary/aromatic N) is 1. The molecule has 0 atom stereocenters.